The second kappa shape index (κ2) is 2.91. The first kappa shape index (κ1) is 7.39. The highest BCUT2D eigenvalue weighted by atomic mass is 16.5. The predicted molar refractivity (Wildman–Crippen MR) is 42.6 cm³/mol. The molecular weight excluding hydrogens is 124 g/mol. The smallest absolute Gasteiger partial charge is 0.117 e. The second-order valence-corrected chi connectivity index (χ2v) is 2.84. The molecule has 0 spiro atoms. The van der Waals surface area contributed by atoms with Crippen molar-refractivity contribution in [1.82, 2.24) is 0 Å². The SMILES string of the molecule is COC1=CC(C)CC=C1C. The first-order valence-corrected chi connectivity index (χ1v) is 3.67. The Hall–Kier alpha value is -0.720. The molecule has 0 aromatic carbocycles. The highest BCUT2D eigenvalue weighted by molar-refractivity contribution is 5.27. The average molecular weight is 138 g/mol. The normalized spacial score (nSPS) is 25.3. The number of allylic oxidation sites excluding steroid dienone is 3. The quantitative estimate of drug-likeness (QED) is 0.541. The predicted octanol–water partition coefficient (Wildman–Crippen LogP) is 2.50. The topological polar surface area (TPSA) is 9.23 Å². The summed E-state index contributed by atoms with van der Waals surface area (Å²) >= 11 is 0. The van der Waals surface area contributed by atoms with Gasteiger partial charge in [0.1, 0.15) is 5.76 Å². The van der Waals surface area contributed by atoms with Crippen molar-refractivity contribution in [3.63, 3.8) is 0 Å². The standard InChI is InChI=1S/C9H14O/c1-7-4-5-8(2)9(6-7)10-3/h5-7H,4H2,1-3H3. The van der Waals surface area contributed by atoms with E-state index in [0.29, 0.717) is 5.92 Å². The lowest BCUT2D eigenvalue weighted by Crippen LogP contribution is -2.00. The Bertz CT molecular complexity index is 177. The Morgan fingerprint density at radius 3 is 2.80 bits per heavy atom. The van der Waals surface area contributed by atoms with Gasteiger partial charge in [-0.3, -0.25) is 0 Å². The lowest BCUT2D eigenvalue weighted by atomic mass is 9.98. The molecule has 1 aliphatic carbocycles. The zero-order valence-electron chi connectivity index (χ0n) is 6.85. The van der Waals surface area contributed by atoms with Crippen LogP contribution < -0.4 is 0 Å². The van der Waals surface area contributed by atoms with Crippen molar-refractivity contribution < 1.29 is 4.74 Å². The van der Waals surface area contributed by atoms with Gasteiger partial charge in [0.05, 0.1) is 7.11 Å². The largest absolute Gasteiger partial charge is 0.497 e. The fraction of sp³-hybridized carbons (Fsp3) is 0.556. The average Bonchev–Trinajstić information content (AvgIpc) is 1.94. The number of methoxy groups -OCH3 is 1. The van der Waals surface area contributed by atoms with Crippen LogP contribution in [-0.2, 0) is 4.74 Å². The zero-order chi connectivity index (χ0) is 7.56. The molecule has 0 heterocycles. The van der Waals surface area contributed by atoms with E-state index in [2.05, 4.69) is 26.0 Å². The second-order valence-electron chi connectivity index (χ2n) is 2.84. The van der Waals surface area contributed by atoms with Crippen molar-refractivity contribution in [2.75, 3.05) is 7.11 Å². The first-order valence-electron chi connectivity index (χ1n) is 3.67. The maximum Gasteiger partial charge on any atom is 0.117 e. The summed E-state index contributed by atoms with van der Waals surface area (Å²) in [4.78, 5) is 0. The van der Waals surface area contributed by atoms with Crippen molar-refractivity contribution in [2.24, 2.45) is 5.92 Å². The summed E-state index contributed by atoms with van der Waals surface area (Å²) in [6.07, 6.45) is 5.55. The Morgan fingerprint density at radius 1 is 1.60 bits per heavy atom. The fourth-order valence-electron chi connectivity index (χ4n) is 1.15. The van der Waals surface area contributed by atoms with Gasteiger partial charge in [0.15, 0.2) is 0 Å². The molecule has 1 rings (SSSR count). The molecule has 1 unspecified atom stereocenters. The van der Waals surface area contributed by atoms with E-state index >= 15 is 0 Å². The van der Waals surface area contributed by atoms with Crippen molar-refractivity contribution in [1.29, 1.82) is 0 Å². The van der Waals surface area contributed by atoms with Gasteiger partial charge in [-0.2, -0.15) is 0 Å². The van der Waals surface area contributed by atoms with Crippen LogP contribution in [0.3, 0.4) is 0 Å². The van der Waals surface area contributed by atoms with Crippen LogP contribution in [0.2, 0.25) is 0 Å². The van der Waals surface area contributed by atoms with Gasteiger partial charge < -0.3 is 4.74 Å². The van der Waals surface area contributed by atoms with Gasteiger partial charge in [-0.15, -0.1) is 0 Å². The van der Waals surface area contributed by atoms with E-state index in [1.54, 1.807) is 7.11 Å². The Balaban J connectivity index is 2.74. The summed E-state index contributed by atoms with van der Waals surface area (Å²) in [6, 6.07) is 0. The zero-order valence-corrected chi connectivity index (χ0v) is 6.85. The van der Waals surface area contributed by atoms with Crippen molar-refractivity contribution in [3.8, 4) is 0 Å². The van der Waals surface area contributed by atoms with E-state index in [0.717, 1.165) is 12.2 Å². The summed E-state index contributed by atoms with van der Waals surface area (Å²) in [6.45, 7) is 4.28. The molecule has 0 bridgehead atoms. The molecule has 1 nitrogen and oxygen atoms in total. The van der Waals surface area contributed by atoms with Crippen LogP contribution >= 0.6 is 0 Å². The minimum absolute atomic E-state index is 0.638. The molecule has 56 valence electrons. The van der Waals surface area contributed by atoms with Crippen LogP contribution in [0.1, 0.15) is 20.3 Å². The molecule has 1 atom stereocenters. The van der Waals surface area contributed by atoms with Gasteiger partial charge in [-0.1, -0.05) is 13.0 Å². The maximum absolute atomic E-state index is 5.17. The van der Waals surface area contributed by atoms with Gasteiger partial charge in [0.25, 0.3) is 0 Å². The Morgan fingerprint density at radius 2 is 2.30 bits per heavy atom. The highest BCUT2D eigenvalue weighted by Gasteiger charge is 2.08. The van der Waals surface area contributed by atoms with E-state index in [4.69, 9.17) is 4.74 Å². The van der Waals surface area contributed by atoms with Crippen LogP contribution in [0.4, 0.5) is 0 Å². The molecule has 0 saturated carbocycles. The van der Waals surface area contributed by atoms with Gasteiger partial charge in [-0.25, -0.2) is 0 Å². The third-order valence-electron chi connectivity index (χ3n) is 1.84. The Labute approximate surface area is 62.4 Å². The molecule has 0 saturated heterocycles. The molecule has 0 aromatic heterocycles. The van der Waals surface area contributed by atoms with Gasteiger partial charge in [-0.05, 0) is 30.9 Å². The van der Waals surface area contributed by atoms with E-state index in [9.17, 15) is 0 Å². The van der Waals surface area contributed by atoms with Crippen LogP contribution in [0.15, 0.2) is 23.5 Å². The van der Waals surface area contributed by atoms with Gasteiger partial charge in [0, 0.05) is 0 Å². The molecule has 0 amide bonds. The van der Waals surface area contributed by atoms with E-state index in [1.165, 1.54) is 5.57 Å². The molecule has 0 fully saturated rings. The minimum atomic E-state index is 0.638. The third kappa shape index (κ3) is 1.41. The van der Waals surface area contributed by atoms with Crippen molar-refractivity contribution >= 4 is 0 Å². The van der Waals surface area contributed by atoms with E-state index in [-0.39, 0.29) is 0 Å². The summed E-state index contributed by atoms with van der Waals surface area (Å²) < 4.78 is 5.17. The van der Waals surface area contributed by atoms with Crippen LogP contribution in [0.5, 0.6) is 0 Å². The molecule has 1 aliphatic rings. The highest BCUT2D eigenvalue weighted by Crippen LogP contribution is 2.21. The number of rotatable bonds is 1. The van der Waals surface area contributed by atoms with Crippen molar-refractivity contribution in [2.45, 2.75) is 20.3 Å². The van der Waals surface area contributed by atoms with Crippen LogP contribution in [0.25, 0.3) is 0 Å². The molecule has 1 heteroatoms. The van der Waals surface area contributed by atoms with Gasteiger partial charge in [0.2, 0.25) is 0 Å². The monoisotopic (exact) mass is 138 g/mol. The molecule has 10 heavy (non-hydrogen) atoms. The summed E-state index contributed by atoms with van der Waals surface area (Å²) in [7, 11) is 1.72. The Kier molecular flexibility index (Phi) is 2.15. The van der Waals surface area contributed by atoms with Crippen LogP contribution in [-0.4, -0.2) is 7.11 Å². The molecule has 0 N–H and O–H groups in total. The van der Waals surface area contributed by atoms with Crippen LogP contribution in [0, 0.1) is 5.92 Å². The number of hydrogen-bond acceptors (Lipinski definition) is 1. The summed E-state index contributed by atoms with van der Waals surface area (Å²) in [5.74, 6) is 1.68. The lowest BCUT2D eigenvalue weighted by Gasteiger charge is -2.15. The van der Waals surface area contributed by atoms with Crippen molar-refractivity contribution in [3.05, 3.63) is 23.5 Å². The molecular formula is C9H14O. The molecule has 0 radical (unpaired) electrons. The third-order valence-corrected chi connectivity index (χ3v) is 1.84. The minimum Gasteiger partial charge on any atom is -0.497 e. The molecule has 0 aromatic rings. The first-order chi connectivity index (χ1) is 4.74. The fourth-order valence-corrected chi connectivity index (χ4v) is 1.15. The van der Waals surface area contributed by atoms with E-state index in [1.807, 2.05) is 0 Å². The number of ether oxygens (including phenoxy) is 1. The number of hydrogen-bond donors (Lipinski definition) is 0. The summed E-state index contributed by atoms with van der Waals surface area (Å²) in [5, 5.41) is 0. The molecule has 0 aliphatic heterocycles. The lowest BCUT2D eigenvalue weighted by molar-refractivity contribution is 0.294. The maximum atomic E-state index is 5.17. The summed E-state index contributed by atoms with van der Waals surface area (Å²) in [5.41, 5.74) is 1.26. The van der Waals surface area contributed by atoms with Gasteiger partial charge >= 0.3 is 0 Å². The van der Waals surface area contributed by atoms with E-state index < -0.39 is 0 Å².